The number of amides is 1. The second kappa shape index (κ2) is 13.8. The van der Waals surface area contributed by atoms with Gasteiger partial charge in [0.25, 0.3) is 0 Å². The van der Waals surface area contributed by atoms with Gasteiger partial charge in [0.2, 0.25) is 5.91 Å². The van der Waals surface area contributed by atoms with Crippen LogP contribution in [0, 0.1) is 5.92 Å². The number of nitrogens with zero attached hydrogens (tertiary/aromatic N) is 4. The lowest BCUT2D eigenvalue weighted by molar-refractivity contribution is -0.117. The molecule has 4 aromatic rings. The topological polar surface area (TPSA) is 152 Å². The van der Waals surface area contributed by atoms with Gasteiger partial charge in [0.1, 0.15) is 11.5 Å². The van der Waals surface area contributed by atoms with Gasteiger partial charge in [-0.2, -0.15) is 0 Å². The zero-order valence-electron chi connectivity index (χ0n) is 23.9. The molecule has 13 heteroatoms. The lowest BCUT2D eigenvalue weighted by Crippen LogP contribution is -2.41. The first kappa shape index (κ1) is 30.2. The van der Waals surface area contributed by atoms with Crippen LogP contribution in [0.3, 0.4) is 0 Å². The van der Waals surface area contributed by atoms with Crippen LogP contribution in [-0.2, 0) is 16.1 Å². The van der Waals surface area contributed by atoms with Gasteiger partial charge in [0.05, 0.1) is 48.8 Å². The summed E-state index contributed by atoms with van der Waals surface area (Å²) in [6, 6.07) is 18.8. The summed E-state index contributed by atoms with van der Waals surface area (Å²) in [6.07, 6.45) is 1.86. The number of aliphatic hydroxyl groups excluding tert-OH is 1. The lowest BCUT2D eigenvalue weighted by Gasteiger charge is -2.31. The molecule has 1 saturated heterocycles. The van der Waals surface area contributed by atoms with E-state index in [9.17, 15) is 18.7 Å². The fourth-order valence-corrected chi connectivity index (χ4v) is 5.62. The number of benzene rings is 3. The van der Waals surface area contributed by atoms with E-state index in [1.807, 2.05) is 11.0 Å². The van der Waals surface area contributed by atoms with Gasteiger partial charge >= 0.3 is 0 Å². The van der Waals surface area contributed by atoms with E-state index in [1.54, 1.807) is 60.7 Å². The first-order valence-corrected chi connectivity index (χ1v) is 14.8. The highest BCUT2D eigenvalue weighted by molar-refractivity contribution is 7.81. The third-order valence-corrected chi connectivity index (χ3v) is 7.78. The number of ether oxygens (including phenoxy) is 2. The number of nitrogens with one attached hydrogen (secondary N) is 2. The Morgan fingerprint density at radius 1 is 1.05 bits per heavy atom. The van der Waals surface area contributed by atoms with Crippen LogP contribution < -0.4 is 24.4 Å². The zero-order valence-corrected chi connectivity index (χ0v) is 24.7. The van der Waals surface area contributed by atoms with Crippen LogP contribution in [0.4, 0.5) is 28.7 Å². The Balaban J connectivity index is 1.47. The van der Waals surface area contributed by atoms with E-state index in [4.69, 9.17) is 14.5 Å². The maximum atomic E-state index is 12.9. The Bertz CT molecular complexity index is 1600. The van der Waals surface area contributed by atoms with Gasteiger partial charge in [0, 0.05) is 42.7 Å². The fraction of sp³-hybridized carbons (Fsp3) is 0.300. The number of methoxy groups -OCH3 is 2. The molecule has 1 aromatic heterocycles. The number of hydrogen-bond acceptors (Lipinski definition) is 10. The molecule has 1 fully saturated rings. The van der Waals surface area contributed by atoms with Crippen LogP contribution >= 0.6 is 0 Å². The monoisotopic (exact) mass is 605 g/mol. The van der Waals surface area contributed by atoms with Gasteiger partial charge in [0.15, 0.2) is 11.6 Å². The number of fused-ring (bicyclic) bond motifs is 1. The predicted octanol–water partition coefficient (Wildman–Crippen LogP) is 3.97. The minimum absolute atomic E-state index is 0.0284. The molecule has 226 valence electrons. The average Bonchev–Trinajstić information content (AvgIpc) is 3.01. The summed E-state index contributed by atoms with van der Waals surface area (Å²) >= 11 is -2.81. The van der Waals surface area contributed by atoms with E-state index in [1.165, 1.54) is 14.2 Å². The maximum Gasteiger partial charge on any atom is 0.238 e. The number of piperidine rings is 1. The number of likely N-dealkylation sites (tertiary alicyclic amines) is 1. The van der Waals surface area contributed by atoms with Crippen molar-refractivity contribution in [3.63, 3.8) is 0 Å². The Kier molecular flexibility index (Phi) is 9.67. The largest absolute Gasteiger partial charge is 0.755 e. The molecule has 0 spiro atoms. The molecule has 3 aromatic carbocycles. The van der Waals surface area contributed by atoms with Crippen molar-refractivity contribution in [1.29, 1.82) is 0 Å². The molecule has 43 heavy (non-hydrogen) atoms. The van der Waals surface area contributed by atoms with Crippen molar-refractivity contribution in [2.45, 2.75) is 12.8 Å². The summed E-state index contributed by atoms with van der Waals surface area (Å²) in [7, 11) is 3.07. The summed E-state index contributed by atoms with van der Waals surface area (Å²) in [6.45, 7) is 1.71. The van der Waals surface area contributed by atoms with E-state index < -0.39 is 11.3 Å². The highest BCUT2D eigenvalue weighted by atomic mass is 32.2. The van der Waals surface area contributed by atoms with E-state index >= 15 is 0 Å². The molecule has 1 aliphatic heterocycles. The molecule has 1 aliphatic rings. The molecular weight excluding hydrogens is 572 g/mol. The van der Waals surface area contributed by atoms with Gasteiger partial charge in [-0.25, -0.2) is 9.97 Å². The van der Waals surface area contributed by atoms with E-state index in [0.29, 0.717) is 40.5 Å². The van der Waals surface area contributed by atoms with E-state index in [2.05, 4.69) is 15.6 Å². The van der Waals surface area contributed by atoms with Crippen LogP contribution in [0.25, 0.3) is 11.0 Å². The number of aromatic nitrogens is 2. The van der Waals surface area contributed by atoms with Crippen molar-refractivity contribution in [2.75, 3.05) is 55.4 Å². The predicted molar refractivity (Wildman–Crippen MR) is 165 cm³/mol. The van der Waals surface area contributed by atoms with Crippen LogP contribution in [0.2, 0.25) is 0 Å². The smallest absolute Gasteiger partial charge is 0.238 e. The molecule has 3 N–H and O–H groups in total. The van der Waals surface area contributed by atoms with Crippen molar-refractivity contribution in [3.8, 4) is 11.5 Å². The van der Waals surface area contributed by atoms with Crippen molar-refractivity contribution >= 4 is 56.9 Å². The lowest BCUT2D eigenvalue weighted by atomic mass is 9.99. The van der Waals surface area contributed by atoms with Crippen molar-refractivity contribution in [2.24, 2.45) is 5.92 Å². The minimum Gasteiger partial charge on any atom is -0.755 e. The normalized spacial score (nSPS) is 16.0. The van der Waals surface area contributed by atoms with Crippen LogP contribution in [-0.4, -0.2) is 75.1 Å². The number of para-hydroxylation sites is 2. The molecule has 5 rings (SSSR count). The standard InChI is InChI=1S/C30H34N6O6S/c1-41-24-14-22(15-25(16-24)42-2)32-29-30(34-27-11-4-3-10-26(27)33-29)36(43(39)40)23-9-5-8-21(13-23)31-28(38)18-35-12-6-7-20(17-35)19-37/h3-5,8-11,13-16,20,37H,6-7,12,17-19H2,1-2H3,(H,31,38)(H,32,33)(H,39,40)/p-1. The molecule has 0 bridgehead atoms. The van der Waals surface area contributed by atoms with Crippen LogP contribution in [0.5, 0.6) is 11.5 Å². The van der Waals surface area contributed by atoms with Gasteiger partial charge in [-0.3, -0.25) is 18.2 Å². The van der Waals surface area contributed by atoms with Crippen molar-refractivity contribution < 1.29 is 28.1 Å². The molecule has 12 nitrogen and oxygen atoms in total. The summed E-state index contributed by atoms with van der Waals surface area (Å²) in [5.41, 5.74) is 2.27. The molecule has 2 heterocycles. The zero-order chi connectivity index (χ0) is 30.3. The molecule has 0 saturated carbocycles. The second-order valence-electron chi connectivity index (χ2n) is 10.1. The Hall–Kier alpha value is -4.30. The molecule has 0 radical (unpaired) electrons. The van der Waals surface area contributed by atoms with Gasteiger partial charge < -0.3 is 29.8 Å². The highest BCUT2D eigenvalue weighted by Gasteiger charge is 2.23. The number of rotatable bonds is 11. The first-order valence-electron chi connectivity index (χ1n) is 13.8. The summed E-state index contributed by atoms with van der Waals surface area (Å²) in [5.74, 6) is 1.19. The van der Waals surface area contributed by atoms with Crippen molar-refractivity contribution in [1.82, 2.24) is 14.9 Å². The Morgan fingerprint density at radius 2 is 1.77 bits per heavy atom. The highest BCUT2D eigenvalue weighted by Crippen LogP contribution is 2.36. The summed E-state index contributed by atoms with van der Waals surface area (Å²) in [4.78, 5) is 24.2. The van der Waals surface area contributed by atoms with Crippen LogP contribution in [0.15, 0.2) is 66.7 Å². The summed E-state index contributed by atoms with van der Waals surface area (Å²) in [5, 5.41) is 15.5. The SMILES string of the molecule is COc1cc(Nc2nc3ccccc3nc2N(c2cccc(NC(=O)CN3CCCC(CO)C3)c2)S(=O)[O-])cc(OC)c1. The van der Waals surface area contributed by atoms with Gasteiger partial charge in [-0.05, 0) is 55.6 Å². The molecule has 2 unspecified atom stereocenters. The molecular formula is C30H33N6O6S-. The van der Waals surface area contributed by atoms with Gasteiger partial charge in [-0.15, -0.1) is 0 Å². The quantitative estimate of drug-likeness (QED) is 0.214. The number of carbonyl (C=O) groups excluding carboxylic acids is 1. The van der Waals surface area contributed by atoms with E-state index in [-0.39, 0.29) is 42.3 Å². The average molecular weight is 606 g/mol. The molecule has 0 aliphatic carbocycles. The molecule has 2 atom stereocenters. The third-order valence-electron chi connectivity index (χ3n) is 7.10. The summed E-state index contributed by atoms with van der Waals surface area (Å²) < 4.78 is 37.3. The number of carbonyl (C=O) groups is 1. The van der Waals surface area contributed by atoms with E-state index in [0.717, 1.165) is 23.7 Å². The number of hydrogen-bond donors (Lipinski definition) is 3. The Morgan fingerprint density at radius 3 is 2.44 bits per heavy atom. The van der Waals surface area contributed by atoms with Gasteiger partial charge in [-0.1, -0.05) is 18.2 Å². The maximum absolute atomic E-state index is 12.9. The first-order chi connectivity index (χ1) is 20.9. The third kappa shape index (κ3) is 7.38. The molecule has 1 amide bonds. The number of anilines is 5. The fourth-order valence-electron chi connectivity index (χ4n) is 5.07. The minimum atomic E-state index is -2.81. The Labute approximate surface area is 252 Å². The van der Waals surface area contributed by atoms with Crippen molar-refractivity contribution in [3.05, 3.63) is 66.7 Å². The number of aliphatic hydroxyl groups is 1. The van der Waals surface area contributed by atoms with Crippen LogP contribution in [0.1, 0.15) is 12.8 Å². The second-order valence-corrected chi connectivity index (χ2v) is 10.9.